The van der Waals surface area contributed by atoms with Gasteiger partial charge in [-0.2, -0.15) is 0 Å². The molecule has 0 saturated heterocycles. The van der Waals surface area contributed by atoms with Crippen LogP contribution in [0.1, 0.15) is 96.6 Å². The second-order valence-electron chi connectivity index (χ2n) is 11.2. The highest BCUT2D eigenvalue weighted by atomic mass is 16.5. The standard InChI is InChI=1S/C28H38O6/c1-6-7-8-9-12-27(2,3)17-13-22(30)26(23(14-17)34-25(33)11-10-24(31)32)18-15-21(29)20-16-19(18)28(20,4)5/h10-11,13-14,18-20,30H,6-9,12,15-16H2,1-5H3,(H,31,32)/b11-10+/t18-,19-,20+/m0/s1. The molecular weight excluding hydrogens is 432 g/mol. The number of esters is 1. The van der Waals surface area contributed by atoms with E-state index in [1.54, 1.807) is 12.1 Å². The van der Waals surface area contributed by atoms with Crippen molar-refractivity contribution in [3.8, 4) is 11.5 Å². The molecule has 34 heavy (non-hydrogen) atoms. The molecule has 6 nitrogen and oxygen atoms in total. The van der Waals surface area contributed by atoms with E-state index < -0.39 is 11.9 Å². The van der Waals surface area contributed by atoms with Crippen LogP contribution in [0.5, 0.6) is 11.5 Å². The Morgan fingerprint density at radius 2 is 1.88 bits per heavy atom. The van der Waals surface area contributed by atoms with Gasteiger partial charge in [0.05, 0.1) is 0 Å². The smallest absolute Gasteiger partial charge is 0.336 e. The number of ketones is 1. The van der Waals surface area contributed by atoms with Gasteiger partial charge < -0.3 is 14.9 Å². The zero-order valence-corrected chi connectivity index (χ0v) is 21.0. The molecule has 0 aromatic heterocycles. The van der Waals surface area contributed by atoms with E-state index in [0.717, 1.165) is 49.8 Å². The Morgan fingerprint density at radius 1 is 1.18 bits per heavy atom. The van der Waals surface area contributed by atoms with E-state index in [-0.39, 0.29) is 45.9 Å². The van der Waals surface area contributed by atoms with Crippen molar-refractivity contribution in [3.63, 3.8) is 0 Å². The summed E-state index contributed by atoms with van der Waals surface area (Å²) in [7, 11) is 0. The summed E-state index contributed by atoms with van der Waals surface area (Å²) < 4.78 is 5.62. The van der Waals surface area contributed by atoms with Crippen LogP contribution in [0.4, 0.5) is 0 Å². The predicted octanol–water partition coefficient (Wildman–Crippen LogP) is 5.91. The molecule has 0 heterocycles. The summed E-state index contributed by atoms with van der Waals surface area (Å²) in [4.78, 5) is 36.1. The maximum absolute atomic E-state index is 12.8. The number of hydrogen-bond acceptors (Lipinski definition) is 5. The number of benzene rings is 1. The number of phenolic OH excluding ortho intramolecular Hbond substituents is 1. The summed E-state index contributed by atoms with van der Waals surface area (Å²) in [5.41, 5.74) is 0.898. The van der Waals surface area contributed by atoms with Crippen molar-refractivity contribution in [2.24, 2.45) is 17.3 Å². The lowest BCUT2D eigenvalue weighted by Crippen LogP contribution is -2.56. The Morgan fingerprint density at radius 3 is 2.47 bits per heavy atom. The maximum Gasteiger partial charge on any atom is 0.336 e. The van der Waals surface area contributed by atoms with Gasteiger partial charge in [-0.1, -0.05) is 60.3 Å². The largest absolute Gasteiger partial charge is 0.508 e. The van der Waals surface area contributed by atoms with Crippen LogP contribution in [0.15, 0.2) is 24.3 Å². The minimum atomic E-state index is -1.25. The number of fused-ring (bicyclic) bond motifs is 2. The number of phenols is 1. The van der Waals surface area contributed by atoms with Crippen LogP contribution in [0.25, 0.3) is 0 Å². The van der Waals surface area contributed by atoms with Gasteiger partial charge >= 0.3 is 11.9 Å². The summed E-state index contributed by atoms with van der Waals surface area (Å²) >= 11 is 0. The van der Waals surface area contributed by atoms with Crippen LogP contribution in [0, 0.1) is 17.3 Å². The average Bonchev–Trinajstić information content (AvgIpc) is 2.74. The van der Waals surface area contributed by atoms with E-state index in [2.05, 4.69) is 34.6 Å². The van der Waals surface area contributed by atoms with E-state index in [4.69, 9.17) is 9.84 Å². The molecule has 3 aliphatic rings. The van der Waals surface area contributed by atoms with Crippen LogP contribution in [0.2, 0.25) is 0 Å². The third-order valence-electron chi connectivity index (χ3n) is 8.14. The number of carbonyl (C=O) groups excluding carboxylic acids is 2. The van der Waals surface area contributed by atoms with Gasteiger partial charge in [-0.05, 0) is 47.3 Å². The number of carboxylic acids is 1. The second-order valence-corrected chi connectivity index (χ2v) is 11.2. The first-order chi connectivity index (χ1) is 15.9. The van der Waals surface area contributed by atoms with Gasteiger partial charge in [0.25, 0.3) is 0 Å². The zero-order valence-electron chi connectivity index (χ0n) is 21.0. The van der Waals surface area contributed by atoms with Crippen LogP contribution in [-0.2, 0) is 19.8 Å². The Balaban J connectivity index is 2.00. The topological polar surface area (TPSA) is 101 Å². The predicted molar refractivity (Wildman–Crippen MR) is 130 cm³/mol. The van der Waals surface area contributed by atoms with Crippen molar-refractivity contribution in [3.05, 3.63) is 35.4 Å². The molecule has 0 aliphatic heterocycles. The van der Waals surface area contributed by atoms with Gasteiger partial charge in [0, 0.05) is 36.0 Å². The average molecular weight is 471 g/mol. The number of aliphatic carboxylic acids is 1. The highest BCUT2D eigenvalue weighted by Crippen LogP contribution is 2.64. The molecule has 3 aliphatic carbocycles. The number of carbonyl (C=O) groups is 3. The van der Waals surface area contributed by atoms with Gasteiger partial charge in [-0.15, -0.1) is 0 Å². The van der Waals surface area contributed by atoms with Crippen LogP contribution in [0.3, 0.4) is 0 Å². The molecule has 0 radical (unpaired) electrons. The Kier molecular flexibility index (Phi) is 7.59. The molecule has 186 valence electrons. The summed E-state index contributed by atoms with van der Waals surface area (Å²) in [5, 5.41) is 20.1. The Bertz CT molecular complexity index is 987. The molecule has 3 fully saturated rings. The van der Waals surface area contributed by atoms with Gasteiger partial charge in [-0.3, -0.25) is 4.79 Å². The van der Waals surface area contributed by atoms with Gasteiger partial charge in [0.15, 0.2) is 0 Å². The first kappa shape index (κ1) is 26.0. The third kappa shape index (κ3) is 5.21. The van der Waals surface area contributed by atoms with Crippen molar-refractivity contribution in [1.82, 2.24) is 0 Å². The van der Waals surface area contributed by atoms with Gasteiger partial charge in [0.2, 0.25) is 0 Å². The molecule has 2 bridgehead atoms. The molecular formula is C28H38O6. The summed E-state index contributed by atoms with van der Waals surface area (Å²) in [6.45, 7) is 10.5. The van der Waals surface area contributed by atoms with E-state index >= 15 is 0 Å². The summed E-state index contributed by atoms with van der Waals surface area (Å²) in [5.74, 6) is -1.65. The molecule has 1 aromatic rings. The number of aromatic hydroxyl groups is 1. The number of Topliss-reactive ketones (excluding diaryl/α,β-unsaturated/α-hetero) is 1. The fourth-order valence-electron chi connectivity index (χ4n) is 5.87. The summed E-state index contributed by atoms with van der Waals surface area (Å²) in [6.07, 6.45) is 8.09. The maximum atomic E-state index is 12.8. The van der Waals surface area contributed by atoms with Crippen molar-refractivity contribution in [2.75, 3.05) is 0 Å². The molecule has 0 spiro atoms. The minimum absolute atomic E-state index is 0.0306. The Hall–Kier alpha value is -2.63. The lowest BCUT2D eigenvalue weighted by atomic mass is 9.44. The fraction of sp³-hybridized carbons (Fsp3) is 0.607. The van der Waals surface area contributed by atoms with Crippen molar-refractivity contribution in [1.29, 1.82) is 0 Å². The van der Waals surface area contributed by atoms with Gasteiger partial charge in [0.1, 0.15) is 17.3 Å². The molecule has 3 saturated carbocycles. The molecule has 0 unspecified atom stereocenters. The van der Waals surface area contributed by atoms with E-state index in [9.17, 15) is 19.5 Å². The summed E-state index contributed by atoms with van der Waals surface area (Å²) in [6, 6.07) is 3.55. The van der Waals surface area contributed by atoms with Crippen LogP contribution < -0.4 is 4.74 Å². The zero-order chi connectivity index (χ0) is 25.3. The van der Waals surface area contributed by atoms with Crippen LogP contribution >= 0.6 is 0 Å². The fourth-order valence-corrected chi connectivity index (χ4v) is 5.87. The number of hydrogen-bond donors (Lipinski definition) is 2. The van der Waals surface area contributed by atoms with Crippen LogP contribution in [-0.4, -0.2) is 27.9 Å². The van der Waals surface area contributed by atoms with E-state index in [0.29, 0.717) is 12.0 Å². The Labute approximate surface area is 202 Å². The first-order valence-electron chi connectivity index (χ1n) is 12.4. The highest BCUT2D eigenvalue weighted by molar-refractivity contribution is 5.92. The lowest BCUT2D eigenvalue weighted by Gasteiger charge is -2.59. The normalized spacial score (nSPS) is 23.6. The second kappa shape index (κ2) is 9.93. The monoisotopic (exact) mass is 470 g/mol. The molecule has 4 rings (SSSR count). The third-order valence-corrected chi connectivity index (χ3v) is 8.14. The van der Waals surface area contributed by atoms with Crippen molar-refractivity contribution >= 4 is 17.7 Å². The highest BCUT2D eigenvalue weighted by Gasteiger charge is 2.59. The van der Waals surface area contributed by atoms with Crippen molar-refractivity contribution < 1.29 is 29.3 Å². The van der Waals surface area contributed by atoms with E-state index in [1.807, 2.05) is 0 Å². The molecule has 2 N–H and O–H groups in total. The lowest BCUT2D eigenvalue weighted by molar-refractivity contribution is -0.151. The molecule has 3 atom stereocenters. The van der Waals surface area contributed by atoms with E-state index in [1.165, 1.54) is 6.42 Å². The first-order valence-corrected chi connectivity index (χ1v) is 12.4. The number of unbranched alkanes of at least 4 members (excludes halogenated alkanes) is 3. The number of carboxylic acid groups (broad SMARTS) is 1. The SMILES string of the molecule is CCCCCCC(C)(C)c1cc(O)c([C@H]2CC(=O)[C@H]3C[C@@H]2C3(C)C)c(OC(=O)/C=C/C(=O)O)c1. The minimum Gasteiger partial charge on any atom is -0.508 e. The quantitative estimate of drug-likeness (QED) is 0.191. The molecule has 6 heteroatoms. The number of ether oxygens (including phenoxy) is 1. The number of rotatable bonds is 10. The molecule has 1 aromatic carbocycles. The molecule has 0 amide bonds. The van der Waals surface area contributed by atoms with Crippen molar-refractivity contribution in [2.45, 2.75) is 90.9 Å². The van der Waals surface area contributed by atoms with Gasteiger partial charge in [-0.25, -0.2) is 9.59 Å².